The van der Waals surface area contributed by atoms with Gasteiger partial charge in [0.15, 0.2) is 0 Å². The highest BCUT2D eigenvalue weighted by Crippen LogP contribution is 2.28. The SMILES string of the molecule is N#CC1(NC(=O)CCOCC2CCCO2)CCCC1. The highest BCUT2D eigenvalue weighted by atomic mass is 16.5. The molecule has 1 unspecified atom stereocenters. The van der Waals surface area contributed by atoms with Crippen LogP contribution in [0.2, 0.25) is 0 Å². The minimum atomic E-state index is -0.619. The van der Waals surface area contributed by atoms with E-state index >= 15 is 0 Å². The second kappa shape index (κ2) is 6.88. The number of carbonyl (C=O) groups excluding carboxylic acids is 1. The number of amides is 1. The van der Waals surface area contributed by atoms with Crippen molar-refractivity contribution in [3.05, 3.63) is 0 Å². The molecule has 2 fully saturated rings. The van der Waals surface area contributed by atoms with E-state index in [0.29, 0.717) is 19.6 Å². The number of carbonyl (C=O) groups is 1. The lowest BCUT2D eigenvalue weighted by Gasteiger charge is -2.22. The molecule has 5 nitrogen and oxygen atoms in total. The summed E-state index contributed by atoms with van der Waals surface area (Å²) in [4.78, 5) is 11.8. The zero-order valence-electron chi connectivity index (χ0n) is 11.3. The smallest absolute Gasteiger partial charge is 0.223 e. The molecule has 0 aromatic heterocycles. The molecule has 5 heteroatoms. The molecule has 2 aliphatic rings. The minimum Gasteiger partial charge on any atom is -0.378 e. The van der Waals surface area contributed by atoms with Crippen LogP contribution in [0.3, 0.4) is 0 Å². The van der Waals surface area contributed by atoms with Gasteiger partial charge in [0.05, 0.1) is 31.8 Å². The van der Waals surface area contributed by atoms with Crippen molar-refractivity contribution in [1.82, 2.24) is 5.32 Å². The van der Waals surface area contributed by atoms with Crippen LogP contribution < -0.4 is 5.32 Å². The van der Waals surface area contributed by atoms with Crippen molar-refractivity contribution in [3.8, 4) is 6.07 Å². The first kappa shape index (κ1) is 14.3. The number of nitrogens with one attached hydrogen (secondary N) is 1. The van der Waals surface area contributed by atoms with Gasteiger partial charge in [-0.3, -0.25) is 4.79 Å². The van der Waals surface area contributed by atoms with E-state index in [1.54, 1.807) is 0 Å². The topological polar surface area (TPSA) is 71.4 Å². The maximum atomic E-state index is 11.8. The van der Waals surface area contributed by atoms with Gasteiger partial charge in [0.1, 0.15) is 5.54 Å². The van der Waals surface area contributed by atoms with Crippen LogP contribution in [0.4, 0.5) is 0 Å². The van der Waals surface area contributed by atoms with Crippen LogP contribution in [0.1, 0.15) is 44.9 Å². The molecule has 1 aliphatic heterocycles. The van der Waals surface area contributed by atoms with Crippen LogP contribution in [-0.2, 0) is 14.3 Å². The van der Waals surface area contributed by atoms with Crippen molar-refractivity contribution in [2.75, 3.05) is 19.8 Å². The van der Waals surface area contributed by atoms with Crippen molar-refractivity contribution >= 4 is 5.91 Å². The van der Waals surface area contributed by atoms with Gasteiger partial charge in [-0.15, -0.1) is 0 Å². The van der Waals surface area contributed by atoms with Crippen LogP contribution in [-0.4, -0.2) is 37.4 Å². The van der Waals surface area contributed by atoms with E-state index in [1.807, 2.05) is 0 Å². The van der Waals surface area contributed by atoms with Crippen LogP contribution in [0.15, 0.2) is 0 Å². The Labute approximate surface area is 114 Å². The van der Waals surface area contributed by atoms with Gasteiger partial charge in [0, 0.05) is 6.61 Å². The number of hydrogen-bond acceptors (Lipinski definition) is 4. The van der Waals surface area contributed by atoms with Crippen molar-refractivity contribution < 1.29 is 14.3 Å². The van der Waals surface area contributed by atoms with Crippen molar-refractivity contribution in [1.29, 1.82) is 5.26 Å². The fourth-order valence-electron chi connectivity index (χ4n) is 2.73. The number of ether oxygens (including phenoxy) is 2. The number of nitriles is 1. The molecule has 0 bridgehead atoms. The first-order valence-electron chi connectivity index (χ1n) is 7.16. The summed E-state index contributed by atoms with van der Waals surface area (Å²) in [6.45, 7) is 1.78. The summed E-state index contributed by atoms with van der Waals surface area (Å²) in [7, 11) is 0. The molecule has 1 saturated heterocycles. The van der Waals surface area contributed by atoms with E-state index in [9.17, 15) is 4.79 Å². The minimum absolute atomic E-state index is 0.0872. The first-order chi connectivity index (χ1) is 9.24. The molecule has 106 valence electrons. The molecular formula is C14H22N2O3. The van der Waals surface area contributed by atoms with E-state index in [0.717, 1.165) is 45.1 Å². The summed E-state index contributed by atoms with van der Waals surface area (Å²) < 4.78 is 10.9. The third kappa shape index (κ3) is 4.19. The van der Waals surface area contributed by atoms with Crippen LogP contribution in [0.25, 0.3) is 0 Å². The van der Waals surface area contributed by atoms with Gasteiger partial charge in [0.2, 0.25) is 5.91 Å². The Kier molecular flexibility index (Phi) is 5.17. The first-order valence-corrected chi connectivity index (χ1v) is 7.16. The molecule has 0 aromatic carbocycles. The molecule has 0 spiro atoms. The van der Waals surface area contributed by atoms with Gasteiger partial charge in [-0.05, 0) is 38.5 Å². The van der Waals surface area contributed by atoms with Gasteiger partial charge < -0.3 is 14.8 Å². The molecule has 0 radical (unpaired) electrons. The normalized spacial score (nSPS) is 25.1. The molecule has 1 atom stereocenters. The predicted octanol–water partition coefficient (Wildman–Crippen LogP) is 1.52. The van der Waals surface area contributed by atoms with Gasteiger partial charge in [-0.1, -0.05) is 0 Å². The van der Waals surface area contributed by atoms with Gasteiger partial charge in [-0.25, -0.2) is 0 Å². The lowest BCUT2D eigenvalue weighted by molar-refractivity contribution is -0.123. The molecule has 0 aromatic rings. The van der Waals surface area contributed by atoms with Crippen molar-refractivity contribution in [2.24, 2.45) is 0 Å². The molecular weight excluding hydrogens is 244 g/mol. The Morgan fingerprint density at radius 1 is 1.42 bits per heavy atom. The second-order valence-corrected chi connectivity index (χ2v) is 5.41. The molecule has 2 rings (SSSR count). The molecule has 1 aliphatic carbocycles. The monoisotopic (exact) mass is 266 g/mol. The fraction of sp³-hybridized carbons (Fsp3) is 0.857. The van der Waals surface area contributed by atoms with E-state index in [1.165, 1.54) is 0 Å². The zero-order valence-corrected chi connectivity index (χ0v) is 11.3. The summed E-state index contributed by atoms with van der Waals surface area (Å²) in [6.07, 6.45) is 6.23. The number of nitrogens with zero attached hydrogens (tertiary/aromatic N) is 1. The average molecular weight is 266 g/mol. The molecule has 1 N–H and O–H groups in total. The van der Waals surface area contributed by atoms with Gasteiger partial charge in [-0.2, -0.15) is 5.26 Å². The van der Waals surface area contributed by atoms with Gasteiger partial charge >= 0.3 is 0 Å². The molecule has 1 amide bonds. The Bertz CT molecular complexity index is 339. The van der Waals surface area contributed by atoms with Crippen LogP contribution >= 0.6 is 0 Å². The molecule has 1 saturated carbocycles. The standard InChI is InChI=1S/C14H22N2O3/c15-11-14(6-1-2-7-14)16-13(17)5-9-18-10-12-4-3-8-19-12/h12H,1-10H2,(H,16,17). The van der Waals surface area contributed by atoms with E-state index in [2.05, 4.69) is 11.4 Å². The number of rotatable bonds is 6. The average Bonchev–Trinajstić information content (AvgIpc) is 3.06. The third-order valence-electron chi connectivity index (χ3n) is 3.85. The fourth-order valence-corrected chi connectivity index (χ4v) is 2.73. The second-order valence-electron chi connectivity index (χ2n) is 5.41. The van der Waals surface area contributed by atoms with Crippen LogP contribution in [0, 0.1) is 11.3 Å². The Morgan fingerprint density at radius 3 is 2.84 bits per heavy atom. The largest absolute Gasteiger partial charge is 0.378 e. The summed E-state index contributed by atoms with van der Waals surface area (Å²) in [5.41, 5.74) is -0.619. The van der Waals surface area contributed by atoms with Crippen LogP contribution in [0.5, 0.6) is 0 Å². The Hall–Kier alpha value is -1.12. The predicted molar refractivity (Wildman–Crippen MR) is 69.4 cm³/mol. The summed E-state index contributed by atoms with van der Waals surface area (Å²) in [5, 5.41) is 12.0. The Morgan fingerprint density at radius 2 is 2.21 bits per heavy atom. The lowest BCUT2D eigenvalue weighted by Crippen LogP contribution is -2.45. The van der Waals surface area contributed by atoms with Crippen molar-refractivity contribution in [3.63, 3.8) is 0 Å². The zero-order chi connectivity index (χ0) is 13.6. The van der Waals surface area contributed by atoms with E-state index < -0.39 is 5.54 Å². The van der Waals surface area contributed by atoms with E-state index in [4.69, 9.17) is 14.7 Å². The maximum Gasteiger partial charge on any atom is 0.223 e. The lowest BCUT2D eigenvalue weighted by atomic mass is 10.00. The number of hydrogen-bond donors (Lipinski definition) is 1. The van der Waals surface area contributed by atoms with E-state index in [-0.39, 0.29) is 12.0 Å². The summed E-state index contributed by atoms with van der Waals surface area (Å²) in [5.74, 6) is -0.0872. The molecule has 19 heavy (non-hydrogen) atoms. The molecule has 1 heterocycles. The van der Waals surface area contributed by atoms with Crippen molar-refractivity contribution in [2.45, 2.75) is 56.6 Å². The highest BCUT2D eigenvalue weighted by molar-refractivity contribution is 5.77. The maximum absolute atomic E-state index is 11.8. The summed E-state index contributed by atoms with van der Waals surface area (Å²) >= 11 is 0. The highest BCUT2D eigenvalue weighted by Gasteiger charge is 2.35. The quantitative estimate of drug-likeness (QED) is 0.740. The Balaban J connectivity index is 1.60. The summed E-state index contributed by atoms with van der Waals surface area (Å²) in [6, 6.07) is 2.25. The third-order valence-corrected chi connectivity index (χ3v) is 3.85. The van der Waals surface area contributed by atoms with Gasteiger partial charge in [0.25, 0.3) is 0 Å².